The third-order valence-corrected chi connectivity index (χ3v) is 3.21. The summed E-state index contributed by atoms with van der Waals surface area (Å²) in [5, 5.41) is 17.4. The molecule has 1 atom stereocenters. The van der Waals surface area contributed by atoms with E-state index in [1.54, 1.807) is 4.68 Å². The van der Waals surface area contributed by atoms with E-state index in [0.717, 1.165) is 29.3 Å². The van der Waals surface area contributed by atoms with Gasteiger partial charge in [0.1, 0.15) is 0 Å². The average Bonchev–Trinajstić information content (AvgIpc) is 2.56. The number of halogens is 1. The molecule has 0 aliphatic carbocycles. The van der Waals surface area contributed by atoms with Crippen molar-refractivity contribution in [2.75, 3.05) is 6.61 Å². The number of hydrogen-bond acceptors (Lipinski definition) is 3. The number of aliphatic hydroxyl groups is 1. The summed E-state index contributed by atoms with van der Waals surface area (Å²) in [5.41, 5.74) is 1.91. The van der Waals surface area contributed by atoms with Gasteiger partial charge in [0.25, 0.3) is 0 Å². The third kappa shape index (κ3) is 2.97. The lowest BCUT2D eigenvalue weighted by Gasteiger charge is -2.13. The van der Waals surface area contributed by atoms with Gasteiger partial charge in [-0.15, -0.1) is 0 Å². The van der Waals surface area contributed by atoms with Gasteiger partial charge >= 0.3 is 0 Å². The molecule has 5 heteroatoms. The lowest BCUT2D eigenvalue weighted by Crippen LogP contribution is -2.31. The van der Waals surface area contributed by atoms with Gasteiger partial charge < -0.3 is 10.4 Å². The summed E-state index contributed by atoms with van der Waals surface area (Å²) in [6, 6.07) is 0.121. The Kier molecular flexibility index (Phi) is 5.25. The van der Waals surface area contributed by atoms with Crippen LogP contribution in [0.25, 0.3) is 0 Å². The smallest absolute Gasteiger partial charge is 0.0863 e. The minimum Gasteiger partial charge on any atom is -0.395 e. The zero-order chi connectivity index (χ0) is 12.1. The van der Waals surface area contributed by atoms with Crippen molar-refractivity contribution in [2.24, 2.45) is 7.05 Å². The molecule has 0 fully saturated rings. The SMILES string of the molecule is CCc1nn(C)c(CNC(CC)CO)c1Cl. The summed E-state index contributed by atoms with van der Waals surface area (Å²) in [7, 11) is 1.89. The Labute approximate surface area is 102 Å². The molecule has 0 amide bonds. The average molecular weight is 246 g/mol. The summed E-state index contributed by atoms with van der Waals surface area (Å²) in [6.45, 7) is 4.86. The van der Waals surface area contributed by atoms with Gasteiger partial charge in [0, 0.05) is 19.6 Å². The van der Waals surface area contributed by atoms with E-state index in [4.69, 9.17) is 16.7 Å². The highest BCUT2D eigenvalue weighted by molar-refractivity contribution is 6.31. The molecule has 0 aromatic carbocycles. The minimum atomic E-state index is 0.121. The first-order valence-corrected chi connectivity index (χ1v) is 6.06. The van der Waals surface area contributed by atoms with Gasteiger partial charge in [-0.25, -0.2) is 0 Å². The molecule has 16 heavy (non-hydrogen) atoms. The van der Waals surface area contributed by atoms with E-state index in [1.165, 1.54) is 0 Å². The highest BCUT2D eigenvalue weighted by atomic mass is 35.5. The van der Waals surface area contributed by atoms with Crippen LogP contribution in [0.3, 0.4) is 0 Å². The summed E-state index contributed by atoms with van der Waals surface area (Å²) in [6.07, 6.45) is 1.73. The van der Waals surface area contributed by atoms with E-state index in [1.807, 2.05) is 20.9 Å². The van der Waals surface area contributed by atoms with E-state index >= 15 is 0 Å². The molecule has 0 aliphatic heterocycles. The lowest BCUT2D eigenvalue weighted by molar-refractivity contribution is 0.237. The molecule has 1 aromatic heterocycles. The maximum atomic E-state index is 9.08. The maximum Gasteiger partial charge on any atom is 0.0863 e. The molecule has 2 N–H and O–H groups in total. The second-order valence-corrected chi connectivity index (χ2v) is 4.23. The molecule has 4 nitrogen and oxygen atoms in total. The quantitative estimate of drug-likeness (QED) is 0.799. The van der Waals surface area contributed by atoms with Crippen LogP contribution in [0, 0.1) is 0 Å². The molecule has 1 heterocycles. The largest absolute Gasteiger partial charge is 0.395 e. The standard InChI is InChI=1S/C11H20ClN3O/c1-4-8(7-16)13-6-10-11(12)9(5-2)14-15(10)3/h8,13,16H,4-7H2,1-3H3. The molecule has 1 unspecified atom stereocenters. The van der Waals surface area contributed by atoms with Crippen LogP contribution in [0.1, 0.15) is 31.7 Å². The number of hydrogen-bond donors (Lipinski definition) is 2. The fraction of sp³-hybridized carbons (Fsp3) is 0.727. The van der Waals surface area contributed by atoms with E-state index in [2.05, 4.69) is 10.4 Å². The molecule has 92 valence electrons. The van der Waals surface area contributed by atoms with Gasteiger partial charge in [0.05, 0.1) is 23.0 Å². The Hall–Kier alpha value is -0.580. The van der Waals surface area contributed by atoms with E-state index in [0.29, 0.717) is 6.54 Å². The van der Waals surface area contributed by atoms with Crippen LogP contribution in [-0.4, -0.2) is 27.5 Å². The number of aromatic nitrogens is 2. The van der Waals surface area contributed by atoms with Gasteiger partial charge in [-0.2, -0.15) is 5.10 Å². The molecule has 1 rings (SSSR count). The second-order valence-electron chi connectivity index (χ2n) is 3.85. The van der Waals surface area contributed by atoms with Gasteiger partial charge in [-0.3, -0.25) is 4.68 Å². The van der Waals surface area contributed by atoms with Crippen LogP contribution in [0.2, 0.25) is 5.02 Å². The molecule has 0 spiro atoms. The molecular formula is C11H20ClN3O. The number of rotatable bonds is 6. The van der Waals surface area contributed by atoms with Crippen molar-refractivity contribution in [1.29, 1.82) is 0 Å². The highest BCUT2D eigenvalue weighted by Crippen LogP contribution is 2.20. The molecule has 0 bridgehead atoms. The molecule has 0 aliphatic rings. The molecule has 0 saturated carbocycles. The number of nitrogens with one attached hydrogen (secondary N) is 1. The van der Waals surface area contributed by atoms with Gasteiger partial charge in [0.15, 0.2) is 0 Å². The highest BCUT2D eigenvalue weighted by Gasteiger charge is 2.13. The predicted octanol–water partition coefficient (Wildman–Crippen LogP) is 1.50. The third-order valence-electron chi connectivity index (χ3n) is 2.77. The fourth-order valence-electron chi connectivity index (χ4n) is 1.59. The fourth-order valence-corrected chi connectivity index (χ4v) is 1.95. The van der Waals surface area contributed by atoms with Crippen molar-refractivity contribution >= 4 is 11.6 Å². The van der Waals surface area contributed by atoms with Crippen molar-refractivity contribution < 1.29 is 5.11 Å². The predicted molar refractivity (Wildman–Crippen MR) is 65.6 cm³/mol. The zero-order valence-corrected chi connectivity index (χ0v) is 10.9. The topological polar surface area (TPSA) is 50.1 Å². The van der Waals surface area contributed by atoms with Gasteiger partial charge in [-0.05, 0) is 12.8 Å². The number of aryl methyl sites for hydroxylation is 2. The van der Waals surface area contributed by atoms with E-state index in [9.17, 15) is 0 Å². The molecule has 0 saturated heterocycles. The Morgan fingerprint density at radius 1 is 1.50 bits per heavy atom. The van der Waals surface area contributed by atoms with Crippen LogP contribution < -0.4 is 5.32 Å². The van der Waals surface area contributed by atoms with Crippen molar-refractivity contribution in [2.45, 2.75) is 39.3 Å². The Morgan fingerprint density at radius 2 is 2.19 bits per heavy atom. The monoisotopic (exact) mass is 245 g/mol. The van der Waals surface area contributed by atoms with Crippen LogP contribution in [0.15, 0.2) is 0 Å². The van der Waals surface area contributed by atoms with E-state index in [-0.39, 0.29) is 12.6 Å². The molecule has 1 aromatic rings. The molecular weight excluding hydrogens is 226 g/mol. The van der Waals surface area contributed by atoms with Crippen LogP contribution >= 0.6 is 11.6 Å². The normalized spacial score (nSPS) is 13.1. The van der Waals surface area contributed by atoms with E-state index < -0.39 is 0 Å². The Balaban J connectivity index is 2.69. The minimum absolute atomic E-state index is 0.121. The Bertz CT molecular complexity index is 334. The van der Waals surface area contributed by atoms with Crippen LogP contribution in [0.5, 0.6) is 0 Å². The summed E-state index contributed by atoms with van der Waals surface area (Å²) < 4.78 is 1.80. The van der Waals surface area contributed by atoms with Crippen LogP contribution in [0.4, 0.5) is 0 Å². The molecule has 0 radical (unpaired) electrons. The van der Waals surface area contributed by atoms with Crippen molar-refractivity contribution in [1.82, 2.24) is 15.1 Å². The zero-order valence-electron chi connectivity index (χ0n) is 10.1. The van der Waals surface area contributed by atoms with Crippen molar-refractivity contribution in [3.63, 3.8) is 0 Å². The first-order chi connectivity index (χ1) is 7.63. The second kappa shape index (κ2) is 6.23. The first kappa shape index (κ1) is 13.5. The van der Waals surface area contributed by atoms with Gasteiger partial charge in [-0.1, -0.05) is 25.4 Å². The number of aliphatic hydroxyl groups excluding tert-OH is 1. The van der Waals surface area contributed by atoms with Crippen LogP contribution in [-0.2, 0) is 20.0 Å². The van der Waals surface area contributed by atoms with Crippen molar-refractivity contribution in [3.05, 3.63) is 16.4 Å². The van der Waals surface area contributed by atoms with Gasteiger partial charge in [0.2, 0.25) is 0 Å². The van der Waals surface area contributed by atoms with Crippen molar-refractivity contribution in [3.8, 4) is 0 Å². The number of nitrogens with zero attached hydrogens (tertiary/aromatic N) is 2. The summed E-state index contributed by atoms with van der Waals surface area (Å²) in [4.78, 5) is 0. The first-order valence-electron chi connectivity index (χ1n) is 5.68. The maximum absolute atomic E-state index is 9.08. The summed E-state index contributed by atoms with van der Waals surface area (Å²) in [5.74, 6) is 0. The summed E-state index contributed by atoms with van der Waals surface area (Å²) >= 11 is 6.21. The lowest BCUT2D eigenvalue weighted by atomic mass is 10.2. The Morgan fingerprint density at radius 3 is 2.62 bits per heavy atom.